The van der Waals surface area contributed by atoms with E-state index in [-0.39, 0.29) is 37.9 Å². The molecule has 15 nitrogen and oxygen atoms in total. The molecule has 3 aliphatic heterocycles. The zero-order valence-electron chi connectivity index (χ0n) is 38.9. The van der Waals surface area contributed by atoms with E-state index in [1.165, 1.54) is 11.1 Å². The van der Waals surface area contributed by atoms with Crippen LogP contribution in [0.5, 0.6) is 0 Å². The highest BCUT2D eigenvalue weighted by molar-refractivity contribution is 5.95. The molecule has 4 aliphatic rings. The Kier molecular flexibility index (Phi) is 16.9. The third-order valence-electron chi connectivity index (χ3n) is 12.4. The number of alkyl halides is 3. The second kappa shape index (κ2) is 22.0. The number of nitrogens with one attached hydrogen (secondary N) is 2. The molecule has 2 aromatic carbocycles. The molecule has 67 heavy (non-hydrogen) atoms. The first kappa shape index (κ1) is 51.5. The average molecular weight is 944 g/mol. The molecule has 0 aromatic heterocycles. The number of aliphatic hydroxyl groups is 1. The SMILES string of the molecule is CCCCCC1(CCCCC)O[C@@H]2[C@H](O1)[C@H]1ON(Cc3ccc(C=CC(=O)OCC(F)(F)F)cc3)[C@@H]3C(=O)O[C@@H]2C[C@]13C(=O)NCc1cccc(C(=O)N[C@H](CO)CCC(=O)OC(C)(C)C)c1. The minimum absolute atomic E-state index is 0.00579. The number of benzene rings is 2. The highest BCUT2D eigenvalue weighted by Crippen LogP contribution is 2.58. The Bertz CT molecular complexity index is 2080. The molecular formula is C49H64F3N3O12. The summed E-state index contributed by atoms with van der Waals surface area (Å²) in [5.74, 6) is -4.19. The van der Waals surface area contributed by atoms with E-state index in [2.05, 4.69) is 29.2 Å². The van der Waals surface area contributed by atoms with Gasteiger partial charge in [0.15, 0.2) is 18.4 Å². The average Bonchev–Trinajstić information content (AvgIpc) is 3.83. The number of hydrogen-bond donors (Lipinski definition) is 3. The predicted octanol–water partition coefficient (Wildman–Crippen LogP) is 6.78. The van der Waals surface area contributed by atoms with Crippen LogP contribution in [0, 0.1) is 5.41 Å². The lowest BCUT2D eigenvalue weighted by molar-refractivity contribution is -0.224. The third-order valence-corrected chi connectivity index (χ3v) is 12.4. The van der Waals surface area contributed by atoms with Gasteiger partial charge in [-0.2, -0.15) is 18.2 Å². The van der Waals surface area contributed by atoms with Crippen LogP contribution in [-0.4, -0.2) is 107 Å². The van der Waals surface area contributed by atoms with Crippen LogP contribution in [0.1, 0.15) is 132 Å². The molecule has 368 valence electrons. The Morgan fingerprint density at radius 1 is 0.955 bits per heavy atom. The number of amides is 2. The van der Waals surface area contributed by atoms with Crippen LogP contribution < -0.4 is 10.6 Å². The first-order valence-electron chi connectivity index (χ1n) is 23.3. The van der Waals surface area contributed by atoms with Gasteiger partial charge in [0.1, 0.15) is 35.4 Å². The Morgan fingerprint density at radius 2 is 1.64 bits per heavy atom. The molecule has 2 amide bonds. The van der Waals surface area contributed by atoms with E-state index in [1.54, 1.807) is 69.3 Å². The van der Waals surface area contributed by atoms with E-state index in [1.807, 2.05) is 0 Å². The van der Waals surface area contributed by atoms with Crippen molar-refractivity contribution in [1.29, 1.82) is 0 Å². The second-order valence-corrected chi connectivity index (χ2v) is 18.9. The Morgan fingerprint density at radius 3 is 2.28 bits per heavy atom. The summed E-state index contributed by atoms with van der Waals surface area (Å²) in [5, 5.41) is 17.2. The zero-order valence-corrected chi connectivity index (χ0v) is 38.9. The molecule has 3 heterocycles. The molecule has 0 unspecified atom stereocenters. The van der Waals surface area contributed by atoms with Gasteiger partial charge in [-0.1, -0.05) is 75.9 Å². The van der Waals surface area contributed by atoms with Crippen molar-refractivity contribution in [2.75, 3.05) is 13.2 Å². The lowest BCUT2D eigenvalue weighted by Gasteiger charge is -2.48. The first-order valence-corrected chi connectivity index (χ1v) is 23.3. The van der Waals surface area contributed by atoms with E-state index in [0.29, 0.717) is 29.5 Å². The van der Waals surface area contributed by atoms with E-state index in [9.17, 15) is 42.3 Å². The summed E-state index contributed by atoms with van der Waals surface area (Å²) in [4.78, 5) is 73.5. The predicted molar refractivity (Wildman–Crippen MR) is 236 cm³/mol. The fourth-order valence-electron chi connectivity index (χ4n) is 9.31. The molecule has 2 aromatic rings. The zero-order chi connectivity index (χ0) is 48.6. The standard InChI is InChI=1S/C49H64F3N3O12/c1-6-8-10-23-47(24-11-9-7-2)65-39-36-26-48(45(61)53-27-33-13-12-14-34(25-33)43(59)54-35(29-56)20-22-38(58)64-46(3,4)5)41(44(60)63-36)55(67-42(48)40(39)66-47)28-32-17-15-31(16-18-32)19-21-37(57)62-30-49(50,51)52/h12-19,21,25,35-36,39-42,56H,6-11,20,22-24,26-30H2,1-5H3,(H,53,61)(H,54,59)/t35-,36+,39-,40-,41+,42+,48+/m0/s1. The van der Waals surface area contributed by atoms with Crippen molar-refractivity contribution in [2.24, 2.45) is 5.41 Å². The van der Waals surface area contributed by atoms with Gasteiger partial charge in [0, 0.05) is 43.9 Å². The maximum atomic E-state index is 15.0. The minimum Gasteiger partial charge on any atom is -0.460 e. The molecule has 1 aliphatic carbocycles. The molecule has 3 N–H and O–H groups in total. The van der Waals surface area contributed by atoms with Gasteiger partial charge < -0.3 is 39.4 Å². The monoisotopic (exact) mass is 943 g/mol. The molecule has 0 radical (unpaired) electrons. The highest BCUT2D eigenvalue weighted by atomic mass is 19.4. The number of hydrogen-bond acceptors (Lipinski definition) is 13. The van der Waals surface area contributed by atoms with Crippen LogP contribution >= 0.6 is 0 Å². The Hall–Kier alpha value is -4.88. The van der Waals surface area contributed by atoms with Crippen molar-refractivity contribution in [1.82, 2.24) is 15.7 Å². The number of halogens is 3. The van der Waals surface area contributed by atoms with Crippen molar-refractivity contribution in [3.63, 3.8) is 0 Å². The Labute approximate surface area is 389 Å². The van der Waals surface area contributed by atoms with Gasteiger partial charge in [-0.3, -0.25) is 24.0 Å². The lowest BCUT2D eigenvalue weighted by Crippen LogP contribution is -2.69. The Balaban J connectivity index is 1.22. The number of carbonyl (C=O) groups excluding carboxylic acids is 5. The topological polar surface area (TPSA) is 188 Å². The van der Waals surface area contributed by atoms with Crippen LogP contribution in [0.25, 0.3) is 6.08 Å². The van der Waals surface area contributed by atoms with E-state index in [0.717, 1.165) is 44.6 Å². The molecule has 7 atom stereocenters. The van der Waals surface area contributed by atoms with Crippen molar-refractivity contribution >= 4 is 35.8 Å². The van der Waals surface area contributed by atoms with Gasteiger partial charge >= 0.3 is 24.1 Å². The summed E-state index contributed by atoms with van der Waals surface area (Å²) in [7, 11) is 0. The van der Waals surface area contributed by atoms with E-state index >= 15 is 0 Å². The number of fused-ring (bicyclic) bond motifs is 4. The normalized spacial score (nSPS) is 24.7. The van der Waals surface area contributed by atoms with Crippen molar-refractivity contribution < 1.29 is 70.8 Å². The number of ether oxygens (including phenoxy) is 5. The molecule has 6 rings (SSSR count). The second-order valence-electron chi connectivity index (χ2n) is 18.9. The van der Waals surface area contributed by atoms with Crippen LogP contribution in [-0.2, 0) is 60.8 Å². The molecule has 0 spiro atoms. The van der Waals surface area contributed by atoms with E-state index < -0.39 is 102 Å². The molecule has 18 heteroatoms. The fraction of sp³-hybridized carbons (Fsp3) is 0.612. The summed E-state index contributed by atoms with van der Waals surface area (Å²) < 4.78 is 67.0. The summed E-state index contributed by atoms with van der Waals surface area (Å²) in [6.07, 6.45) is 1.38. The van der Waals surface area contributed by atoms with Gasteiger partial charge in [0.25, 0.3) is 5.91 Å². The highest BCUT2D eigenvalue weighted by Gasteiger charge is 2.76. The van der Waals surface area contributed by atoms with Gasteiger partial charge in [0.05, 0.1) is 19.2 Å². The molecule has 2 bridgehead atoms. The summed E-state index contributed by atoms with van der Waals surface area (Å²) in [6, 6.07) is 11.4. The number of aliphatic hydroxyl groups excluding tert-OH is 1. The number of hydroxylamine groups is 2. The molecular weight excluding hydrogens is 880 g/mol. The minimum atomic E-state index is -4.65. The fourth-order valence-corrected chi connectivity index (χ4v) is 9.31. The quantitative estimate of drug-likeness (QED) is 0.0486. The lowest BCUT2D eigenvalue weighted by atomic mass is 9.62. The van der Waals surface area contributed by atoms with Crippen molar-refractivity contribution in [2.45, 2.75) is 172 Å². The first-order chi connectivity index (χ1) is 31.8. The van der Waals surface area contributed by atoms with Crippen molar-refractivity contribution in [3.8, 4) is 0 Å². The van der Waals surface area contributed by atoms with E-state index in [4.69, 9.17) is 23.8 Å². The number of esters is 3. The number of rotatable bonds is 22. The number of nitrogens with zero attached hydrogens (tertiary/aromatic N) is 1. The maximum absolute atomic E-state index is 15.0. The van der Waals surface area contributed by atoms with Gasteiger partial charge in [-0.25, -0.2) is 4.79 Å². The molecule has 4 fully saturated rings. The summed E-state index contributed by atoms with van der Waals surface area (Å²) in [5.41, 5.74) is -0.180. The number of unbranched alkanes of at least 4 members (excludes halogenated alkanes) is 4. The van der Waals surface area contributed by atoms with Crippen molar-refractivity contribution in [3.05, 3.63) is 76.9 Å². The largest absolute Gasteiger partial charge is 0.460 e. The molecule has 1 saturated carbocycles. The molecule has 3 saturated heterocycles. The summed E-state index contributed by atoms with van der Waals surface area (Å²) >= 11 is 0. The third kappa shape index (κ3) is 13.0. The van der Waals surface area contributed by atoms with Gasteiger partial charge in [-0.15, -0.1) is 0 Å². The maximum Gasteiger partial charge on any atom is 0.422 e. The van der Waals surface area contributed by atoms with Gasteiger partial charge in [0.2, 0.25) is 5.91 Å². The van der Waals surface area contributed by atoms with Crippen LogP contribution in [0.15, 0.2) is 54.6 Å². The smallest absolute Gasteiger partial charge is 0.422 e. The van der Waals surface area contributed by atoms with Gasteiger partial charge in [-0.05, 0) is 74.9 Å². The van der Waals surface area contributed by atoms with Crippen LogP contribution in [0.2, 0.25) is 0 Å². The number of carbonyl (C=O) groups is 5. The van der Waals surface area contributed by atoms with Crippen LogP contribution in [0.4, 0.5) is 13.2 Å². The summed E-state index contributed by atoms with van der Waals surface area (Å²) in [6.45, 7) is 7.39. The van der Waals surface area contributed by atoms with Crippen LogP contribution in [0.3, 0.4) is 0 Å².